The van der Waals surface area contributed by atoms with E-state index in [1.54, 1.807) is 18.2 Å². The first-order valence-electron chi connectivity index (χ1n) is 9.26. The van der Waals surface area contributed by atoms with E-state index >= 15 is 0 Å². The molecular formula is C21H22Cl2N2O2S. The molecule has 7 heteroatoms. The van der Waals surface area contributed by atoms with E-state index < -0.39 is 0 Å². The van der Waals surface area contributed by atoms with Crippen molar-refractivity contribution >= 4 is 46.8 Å². The zero-order valence-corrected chi connectivity index (χ0v) is 17.7. The van der Waals surface area contributed by atoms with Crippen molar-refractivity contribution in [2.24, 2.45) is 0 Å². The second-order valence-electron chi connectivity index (χ2n) is 6.61. The number of carbonyl (C=O) groups excluding carboxylic acids is 2. The number of nitrogens with zero attached hydrogens (tertiary/aromatic N) is 1. The lowest BCUT2D eigenvalue weighted by Gasteiger charge is -2.15. The summed E-state index contributed by atoms with van der Waals surface area (Å²) in [5, 5.41) is 4.12. The van der Waals surface area contributed by atoms with Crippen LogP contribution in [0.4, 0.5) is 0 Å². The Morgan fingerprint density at radius 1 is 1.07 bits per heavy atom. The molecule has 0 atom stereocenters. The largest absolute Gasteiger partial charge is 0.352 e. The second-order valence-corrected chi connectivity index (χ2v) is 8.48. The second kappa shape index (κ2) is 10.2. The third-order valence-electron chi connectivity index (χ3n) is 4.64. The summed E-state index contributed by atoms with van der Waals surface area (Å²) in [6.45, 7) is 2.15. The maximum atomic E-state index is 12.6. The van der Waals surface area contributed by atoms with Crippen molar-refractivity contribution in [3.05, 3.63) is 63.6 Å². The van der Waals surface area contributed by atoms with Gasteiger partial charge in [0.25, 0.3) is 5.91 Å². The minimum absolute atomic E-state index is 0.134. The van der Waals surface area contributed by atoms with Gasteiger partial charge in [-0.15, -0.1) is 11.8 Å². The van der Waals surface area contributed by atoms with Gasteiger partial charge in [0.15, 0.2) is 0 Å². The van der Waals surface area contributed by atoms with Crippen LogP contribution >= 0.6 is 35.0 Å². The van der Waals surface area contributed by atoms with Gasteiger partial charge < -0.3 is 10.2 Å². The van der Waals surface area contributed by atoms with E-state index in [1.807, 2.05) is 29.2 Å². The Bertz CT molecular complexity index is 854. The van der Waals surface area contributed by atoms with Gasteiger partial charge in [-0.2, -0.15) is 0 Å². The molecule has 0 radical (unpaired) electrons. The molecule has 1 heterocycles. The van der Waals surface area contributed by atoms with Gasteiger partial charge in [0.2, 0.25) is 5.91 Å². The average Bonchev–Trinajstić information content (AvgIpc) is 3.23. The lowest BCUT2D eigenvalue weighted by Crippen LogP contribution is -2.29. The predicted molar refractivity (Wildman–Crippen MR) is 115 cm³/mol. The standard InChI is InChI=1S/C21H22Cl2N2O2S/c22-16-8-7-15(18(23)13-16)9-10-24-21(27)17-5-1-2-6-19(17)28-14-20(26)25-11-3-4-12-25/h1-2,5-8,13H,3-4,9-12,14H2,(H,24,27). The molecule has 0 saturated carbocycles. The summed E-state index contributed by atoms with van der Waals surface area (Å²) in [6, 6.07) is 12.7. The van der Waals surface area contributed by atoms with Crippen molar-refractivity contribution in [1.82, 2.24) is 10.2 Å². The Morgan fingerprint density at radius 2 is 1.82 bits per heavy atom. The minimum Gasteiger partial charge on any atom is -0.352 e. The van der Waals surface area contributed by atoms with Crippen LogP contribution in [-0.2, 0) is 11.2 Å². The van der Waals surface area contributed by atoms with Crippen LogP contribution in [0.1, 0.15) is 28.8 Å². The first-order chi connectivity index (χ1) is 13.5. The summed E-state index contributed by atoms with van der Waals surface area (Å²) in [5.41, 5.74) is 1.52. The van der Waals surface area contributed by atoms with Crippen LogP contribution in [0, 0.1) is 0 Å². The molecule has 148 valence electrons. The van der Waals surface area contributed by atoms with Crippen LogP contribution in [0.3, 0.4) is 0 Å². The van der Waals surface area contributed by atoms with E-state index in [2.05, 4.69) is 5.32 Å². The zero-order chi connectivity index (χ0) is 19.9. The lowest BCUT2D eigenvalue weighted by molar-refractivity contribution is -0.127. The van der Waals surface area contributed by atoms with Gasteiger partial charge in [0, 0.05) is 34.6 Å². The monoisotopic (exact) mass is 436 g/mol. The smallest absolute Gasteiger partial charge is 0.252 e. The van der Waals surface area contributed by atoms with Gasteiger partial charge in [-0.3, -0.25) is 9.59 Å². The maximum Gasteiger partial charge on any atom is 0.252 e. The van der Waals surface area contributed by atoms with E-state index in [4.69, 9.17) is 23.2 Å². The number of benzene rings is 2. The topological polar surface area (TPSA) is 49.4 Å². The summed E-state index contributed by atoms with van der Waals surface area (Å²) in [4.78, 5) is 27.6. The fourth-order valence-corrected chi connectivity index (χ4v) is 4.56. The van der Waals surface area contributed by atoms with Gasteiger partial charge in [-0.05, 0) is 49.1 Å². The summed E-state index contributed by atoms with van der Waals surface area (Å²) in [5.74, 6) is 0.335. The normalized spacial score (nSPS) is 13.6. The maximum absolute atomic E-state index is 12.6. The van der Waals surface area contributed by atoms with Gasteiger partial charge in [-0.25, -0.2) is 0 Å². The molecule has 2 amide bonds. The predicted octanol–water partition coefficient (Wildman–Crippen LogP) is 4.68. The molecule has 1 aliphatic rings. The van der Waals surface area contributed by atoms with E-state index in [0.717, 1.165) is 36.4 Å². The molecule has 3 rings (SSSR count). The number of hydrogen-bond acceptors (Lipinski definition) is 3. The van der Waals surface area contributed by atoms with Gasteiger partial charge in [0.1, 0.15) is 0 Å². The highest BCUT2D eigenvalue weighted by Crippen LogP contribution is 2.24. The Balaban J connectivity index is 1.55. The highest BCUT2D eigenvalue weighted by atomic mass is 35.5. The van der Waals surface area contributed by atoms with Crippen LogP contribution in [0.5, 0.6) is 0 Å². The number of likely N-dealkylation sites (tertiary alicyclic amines) is 1. The number of halogens is 2. The van der Waals surface area contributed by atoms with Crippen molar-refractivity contribution in [3.63, 3.8) is 0 Å². The molecule has 0 unspecified atom stereocenters. The first kappa shape index (κ1) is 21.0. The molecule has 0 bridgehead atoms. The molecule has 0 spiro atoms. The summed E-state index contributed by atoms with van der Waals surface area (Å²) < 4.78 is 0. The number of nitrogens with one attached hydrogen (secondary N) is 1. The molecule has 0 aromatic heterocycles. The third kappa shape index (κ3) is 5.66. The van der Waals surface area contributed by atoms with Crippen molar-refractivity contribution < 1.29 is 9.59 Å². The molecule has 4 nitrogen and oxygen atoms in total. The highest BCUT2D eigenvalue weighted by Gasteiger charge is 2.19. The zero-order valence-electron chi connectivity index (χ0n) is 15.4. The third-order valence-corrected chi connectivity index (χ3v) is 6.28. The van der Waals surface area contributed by atoms with Crippen molar-refractivity contribution in [2.75, 3.05) is 25.4 Å². The first-order valence-corrected chi connectivity index (χ1v) is 11.0. The van der Waals surface area contributed by atoms with E-state index in [-0.39, 0.29) is 11.8 Å². The van der Waals surface area contributed by atoms with E-state index in [9.17, 15) is 9.59 Å². The number of rotatable bonds is 7. The van der Waals surface area contributed by atoms with E-state index in [1.165, 1.54) is 11.8 Å². The molecule has 1 fully saturated rings. The summed E-state index contributed by atoms with van der Waals surface area (Å²) in [7, 11) is 0. The molecule has 1 aliphatic heterocycles. The van der Waals surface area contributed by atoms with Crippen LogP contribution < -0.4 is 5.32 Å². The van der Waals surface area contributed by atoms with Gasteiger partial charge >= 0.3 is 0 Å². The molecule has 1 N–H and O–H groups in total. The Hall–Kier alpha value is -1.69. The van der Waals surface area contributed by atoms with Crippen LogP contribution in [0.15, 0.2) is 47.4 Å². The summed E-state index contributed by atoms with van der Waals surface area (Å²) >= 11 is 13.5. The van der Waals surface area contributed by atoms with Gasteiger partial charge in [0.05, 0.1) is 11.3 Å². The Kier molecular flexibility index (Phi) is 7.65. The van der Waals surface area contributed by atoms with Crippen molar-refractivity contribution in [3.8, 4) is 0 Å². The highest BCUT2D eigenvalue weighted by molar-refractivity contribution is 8.00. The molecular weight excluding hydrogens is 415 g/mol. The number of carbonyl (C=O) groups is 2. The fraction of sp³-hybridized carbons (Fsp3) is 0.333. The van der Waals surface area contributed by atoms with Crippen LogP contribution in [-0.4, -0.2) is 42.1 Å². The molecule has 0 aliphatic carbocycles. The van der Waals surface area contributed by atoms with Gasteiger partial charge in [-0.1, -0.05) is 41.4 Å². The van der Waals surface area contributed by atoms with Crippen molar-refractivity contribution in [1.29, 1.82) is 0 Å². The molecule has 28 heavy (non-hydrogen) atoms. The Morgan fingerprint density at radius 3 is 2.57 bits per heavy atom. The average molecular weight is 437 g/mol. The number of amides is 2. The lowest BCUT2D eigenvalue weighted by atomic mass is 10.1. The number of thioether (sulfide) groups is 1. The fourth-order valence-electron chi connectivity index (χ4n) is 3.11. The van der Waals surface area contributed by atoms with Crippen molar-refractivity contribution in [2.45, 2.75) is 24.2 Å². The SMILES string of the molecule is O=C(NCCc1ccc(Cl)cc1Cl)c1ccccc1SCC(=O)N1CCCC1. The van der Waals surface area contributed by atoms with Crippen LogP contribution in [0.2, 0.25) is 10.0 Å². The molecule has 1 saturated heterocycles. The quantitative estimate of drug-likeness (QED) is 0.640. The van der Waals surface area contributed by atoms with Crippen LogP contribution in [0.25, 0.3) is 0 Å². The molecule has 2 aromatic carbocycles. The minimum atomic E-state index is -0.151. The molecule has 2 aromatic rings. The Labute approximate surface area is 179 Å². The summed E-state index contributed by atoms with van der Waals surface area (Å²) in [6.07, 6.45) is 2.77. The number of hydrogen-bond donors (Lipinski definition) is 1. The van der Waals surface area contributed by atoms with E-state index in [0.29, 0.717) is 34.3 Å².